The molecule has 0 aromatic heterocycles. The lowest BCUT2D eigenvalue weighted by atomic mass is 9.93. The molecule has 3 nitrogen and oxygen atoms in total. The van der Waals surface area contributed by atoms with Crippen molar-refractivity contribution in [2.45, 2.75) is 51.0 Å². The number of hydrogen-bond acceptors (Lipinski definition) is 2. The van der Waals surface area contributed by atoms with Crippen LogP contribution in [-0.2, 0) is 4.79 Å². The molecule has 1 aliphatic carbocycles. The van der Waals surface area contributed by atoms with Crippen molar-refractivity contribution in [1.82, 2.24) is 10.2 Å². The lowest BCUT2D eigenvalue weighted by Gasteiger charge is -2.35. The maximum Gasteiger partial charge on any atom is 0.236 e. The molecule has 2 fully saturated rings. The first kappa shape index (κ1) is 10.9. The monoisotopic (exact) mass is 210 g/mol. The Morgan fingerprint density at radius 2 is 1.87 bits per heavy atom. The van der Waals surface area contributed by atoms with Gasteiger partial charge in [-0.15, -0.1) is 0 Å². The van der Waals surface area contributed by atoms with E-state index < -0.39 is 0 Å². The molecule has 0 aromatic carbocycles. The first-order valence-corrected chi connectivity index (χ1v) is 6.38. The molecular weight excluding hydrogens is 188 g/mol. The van der Waals surface area contributed by atoms with Crippen LogP contribution in [0.25, 0.3) is 0 Å². The summed E-state index contributed by atoms with van der Waals surface area (Å²) in [5.74, 6) is 0.321. The molecule has 0 radical (unpaired) electrons. The lowest BCUT2D eigenvalue weighted by molar-refractivity contribution is -0.133. The molecule has 3 heteroatoms. The molecule has 1 aliphatic heterocycles. The van der Waals surface area contributed by atoms with Crippen molar-refractivity contribution in [3.63, 3.8) is 0 Å². The van der Waals surface area contributed by atoms with Crippen LogP contribution in [0.5, 0.6) is 0 Å². The van der Waals surface area contributed by atoms with E-state index in [1.165, 1.54) is 38.5 Å². The summed E-state index contributed by atoms with van der Waals surface area (Å²) in [6.07, 6.45) is 8.80. The van der Waals surface area contributed by atoms with Crippen LogP contribution < -0.4 is 5.32 Å². The van der Waals surface area contributed by atoms with Gasteiger partial charge in [-0.05, 0) is 32.2 Å². The van der Waals surface area contributed by atoms with Crippen molar-refractivity contribution in [2.75, 3.05) is 19.6 Å². The summed E-state index contributed by atoms with van der Waals surface area (Å²) < 4.78 is 0. The van der Waals surface area contributed by atoms with Gasteiger partial charge in [-0.2, -0.15) is 0 Å². The molecule has 0 spiro atoms. The first-order chi connectivity index (χ1) is 7.38. The zero-order chi connectivity index (χ0) is 10.5. The van der Waals surface area contributed by atoms with Crippen LogP contribution >= 0.6 is 0 Å². The Labute approximate surface area is 92.2 Å². The summed E-state index contributed by atoms with van der Waals surface area (Å²) in [5.41, 5.74) is 0. The second kappa shape index (κ2) is 5.50. The van der Waals surface area contributed by atoms with Crippen LogP contribution in [0.1, 0.15) is 44.9 Å². The highest BCUT2D eigenvalue weighted by Crippen LogP contribution is 2.23. The maximum absolute atomic E-state index is 11.9. The second-order valence-corrected chi connectivity index (χ2v) is 4.76. The number of amides is 1. The van der Waals surface area contributed by atoms with Crippen LogP contribution in [0.2, 0.25) is 0 Å². The Morgan fingerprint density at radius 1 is 1.07 bits per heavy atom. The number of rotatable bonds is 1. The largest absolute Gasteiger partial charge is 0.339 e. The Bertz CT molecular complexity index is 212. The molecule has 1 heterocycles. The molecule has 86 valence electrons. The fraction of sp³-hybridized carbons (Fsp3) is 0.917. The third-order valence-electron chi connectivity index (χ3n) is 3.61. The van der Waals surface area contributed by atoms with Crippen molar-refractivity contribution in [1.29, 1.82) is 0 Å². The molecule has 1 saturated carbocycles. The minimum Gasteiger partial charge on any atom is -0.339 e. The van der Waals surface area contributed by atoms with Gasteiger partial charge >= 0.3 is 0 Å². The predicted octanol–water partition coefficient (Wildman–Crippen LogP) is 1.53. The molecule has 2 rings (SSSR count). The predicted molar refractivity (Wildman–Crippen MR) is 60.7 cm³/mol. The Morgan fingerprint density at radius 3 is 2.67 bits per heavy atom. The van der Waals surface area contributed by atoms with Gasteiger partial charge in [-0.1, -0.05) is 19.3 Å². The molecule has 1 N–H and O–H groups in total. The van der Waals surface area contributed by atoms with E-state index in [-0.39, 0.29) is 0 Å². The summed E-state index contributed by atoms with van der Waals surface area (Å²) in [4.78, 5) is 14.1. The fourth-order valence-electron chi connectivity index (χ4n) is 2.73. The van der Waals surface area contributed by atoms with Crippen LogP contribution in [-0.4, -0.2) is 36.5 Å². The van der Waals surface area contributed by atoms with Gasteiger partial charge in [-0.25, -0.2) is 0 Å². The zero-order valence-corrected chi connectivity index (χ0v) is 9.50. The molecule has 0 unspecified atom stereocenters. The fourth-order valence-corrected chi connectivity index (χ4v) is 2.73. The maximum atomic E-state index is 11.9. The minimum atomic E-state index is 0.321. The number of carbonyl (C=O) groups excluding carboxylic acids is 1. The molecule has 0 aromatic rings. The van der Waals surface area contributed by atoms with Gasteiger partial charge in [0, 0.05) is 12.6 Å². The first-order valence-electron chi connectivity index (χ1n) is 6.38. The van der Waals surface area contributed by atoms with Crippen molar-refractivity contribution >= 4 is 5.91 Å². The third-order valence-corrected chi connectivity index (χ3v) is 3.61. The number of carbonyl (C=O) groups is 1. The Hall–Kier alpha value is -0.570. The molecular formula is C12H22N2O. The molecule has 0 bridgehead atoms. The van der Waals surface area contributed by atoms with E-state index >= 15 is 0 Å². The van der Waals surface area contributed by atoms with Gasteiger partial charge in [0.25, 0.3) is 0 Å². The van der Waals surface area contributed by atoms with Crippen molar-refractivity contribution in [2.24, 2.45) is 0 Å². The summed E-state index contributed by atoms with van der Waals surface area (Å²) in [5, 5.41) is 3.21. The van der Waals surface area contributed by atoms with E-state index in [2.05, 4.69) is 10.2 Å². The molecule has 1 amide bonds. The van der Waals surface area contributed by atoms with Crippen molar-refractivity contribution < 1.29 is 4.79 Å². The van der Waals surface area contributed by atoms with Gasteiger partial charge in [0.05, 0.1) is 6.54 Å². The molecule has 2 aliphatic rings. The topological polar surface area (TPSA) is 32.3 Å². The van der Waals surface area contributed by atoms with Gasteiger partial charge in [0.1, 0.15) is 0 Å². The third kappa shape index (κ3) is 2.94. The van der Waals surface area contributed by atoms with Crippen molar-refractivity contribution in [3.8, 4) is 0 Å². The number of hydrogen-bond donors (Lipinski definition) is 1. The van der Waals surface area contributed by atoms with Crippen LogP contribution in [0.4, 0.5) is 0 Å². The second-order valence-electron chi connectivity index (χ2n) is 4.76. The normalized spacial score (nSPS) is 26.1. The van der Waals surface area contributed by atoms with Gasteiger partial charge in [0.15, 0.2) is 0 Å². The van der Waals surface area contributed by atoms with E-state index in [1.54, 1.807) is 0 Å². The molecule has 15 heavy (non-hydrogen) atoms. The van der Waals surface area contributed by atoms with E-state index in [4.69, 9.17) is 0 Å². The van der Waals surface area contributed by atoms with Gasteiger partial charge in [-0.3, -0.25) is 4.79 Å². The van der Waals surface area contributed by atoms with Crippen LogP contribution in [0, 0.1) is 0 Å². The molecule has 0 atom stereocenters. The Balaban J connectivity index is 1.93. The van der Waals surface area contributed by atoms with E-state index in [0.29, 0.717) is 18.5 Å². The summed E-state index contributed by atoms with van der Waals surface area (Å²) in [7, 11) is 0. The van der Waals surface area contributed by atoms with E-state index in [0.717, 1.165) is 19.5 Å². The van der Waals surface area contributed by atoms with Gasteiger partial charge in [0.2, 0.25) is 5.91 Å². The molecule has 1 saturated heterocycles. The highest BCUT2D eigenvalue weighted by molar-refractivity contribution is 5.78. The van der Waals surface area contributed by atoms with Crippen molar-refractivity contribution in [3.05, 3.63) is 0 Å². The highest BCUT2D eigenvalue weighted by Gasteiger charge is 2.25. The average Bonchev–Trinajstić information content (AvgIpc) is 2.25. The van der Waals surface area contributed by atoms with E-state index in [9.17, 15) is 4.79 Å². The average molecular weight is 210 g/mol. The Kier molecular flexibility index (Phi) is 4.01. The summed E-state index contributed by atoms with van der Waals surface area (Å²) >= 11 is 0. The highest BCUT2D eigenvalue weighted by atomic mass is 16.2. The number of nitrogens with one attached hydrogen (secondary N) is 1. The quantitative estimate of drug-likeness (QED) is 0.712. The smallest absolute Gasteiger partial charge is 0.236 e. The minimum absolute atomic E-state index is 0.321. The summed E-state index contributed by atoms with van der Waals surface area (Å²) in [6.45, 7) is 2.55. The zero-order valence-electron chi connectivity index (χ0n) is 9.50. The SMILES string of the molecule is O=C1CNCCCCN1C1CCCCC1. The van der Waals surface area contributed by atoms with Crippen LogP contribution in [0.15, 0.2) is 0 Å². The lowest BCUT2D eigenvalue weighted by Crippen LogP contribution is -2.47. The number of nitrogens with zero attached hydrogens (tertiary/aromatic N) is 1. The van der Waals surface area contributed by atoms with Gasteiger partial charge < -0.3 is 10.2 Å². The van der Waals surface area contributed by atoms with Crippen LogP contribution in [0.3, 0.4) is 0 Å². The van der Waals surface area contributed by atoms with E-state index in [1.807, 2.05) is 0 Å². The summed E-state index contributed by atoms with van der Waals surface area (Å²) in [6, 6.07) is 0.547. The standard InChI is InChI=1S/C12H22N2O/c15-12-10-13-8-4-5-9-14(12)11-6-2-1-3-7-11/h11,13H,1-10H2.